The van der Waals surface area contributed by atoms with E-state index < -0.39 is 0 Å². The molecule has 1 N–H and O–H groups in total. The van der Waals surface area contributed by atoms with Gasteiger partial charge in [-0.1, -0.05) is 18.2 Å². The van der Waals surface area contributed by atoms with Gasteiger partial charge in [-0.3, -0.25) is 0 Å². The van der Waals surface area contributed by atoms with Gasteiger partial charge in [0.1, 0.15) is 5.75 Å². The van der Waals surface area contributed by atoms with Crippen molar-refractivity contribution in [1.82, 2.24) is 10.2 Å². The molecule has 0 aromatic heterocycles. The summed E-state index contributed by atoms with van der Waals surface area (Å²) in [4.78, 5) is 2.40. The maximum atomic E-state index is 5.68. The molecular formula is C15H24N2O. The van der Waals surface area contributed by atoms with Gasteiger partial charge in [0.05, 0.1) is 6.61 Å². The van der Waals surface area contributed by atoms with Crippen LogP contribution in [0.15, 0.2) is 30.3 Å². The number of nitrogens with zero attached hydrogens (tertiary/aromatic N) is 1. The first-order chi connectivity index (χ1) is 8.84. The number of likely N-dealkylation sites (N-methyl/N-ethyl adjacent to an activating group) is 1. The Morgan fingerprint density at radius 1 is 1.33 bits per heavy atom. The quantitative estimate of drug-likeness (QED) is 0.748. The zero-order chi connectivity index (χ0) is 12.6. The van der Waals surface area contributed by atoms with Crippen LogP contribution in [-0.4, -0.2) is 44.2 Å². The van der Waals surface area contributed by atoms with Crippen LogP contribution in [0.25, 0.3) is 0 Å². The van der Waals surface area contributed by atoms with E-state index in [-0.39, 0.29) is 0 Å². The lowest BCUT2D eigenvalue weighted by Gasteiger charge is -2.20. The van der Waals surface area contributed by atoms with E-state index in [9.17, 15) is 0 Å². The Morgan fingerprint density at radius 3 is 2.89 bits per heavy atom. The fraction of sp³-hybridized carbons (Fsp3) is 0.600. The second-order valence-corrected chi connectivity index (χ2v) is 5.07. The topological polar surface area (TPSA) is 24.5 Å². The van der Waals surface area contributed by atoms with E-state index in [2.05, 4.69) is 17.3 Å². The Labute approximate surface area is 110 Å². The number of hydrogen-bond acceptors (Lipinski definition) is 3. The minimum Gasteiger partial charge on any atom is -0.494 e. The SMILES string of the molecule is CN(CCCOc1ccccc1)CC1CCCN1. The van der Waals surface area contributed by atoms with Gasteiger partial charge in [-0.25, -0.2) is 0 Å². The highest BCUT2D eigenvalue weighted by molar-refractivity contribution is 5.20. The van der Waals surface area contributed by atoms with Crippen LogP contribution in [0, 0.1) is 0 Å². The molecule has 3 nitrogen and oxygen atoms in total. The summed E-state index contributed by atoms with van der Waals surface area (Å²) in [5.41, 5.74) is 0. The zero-order valence-electron chi connectivity index (χ0n) is 11.3. The molecule has 1 saturated heterocycles. The van der Waals surface area contributed by atoms with Gasteiger partial charge in [-0.2, -0.15) is 0 Å². The van der Waals surface area contributed by atoms with Gasteiger partial charge in [0, 0.05) is 19.1 Å². The average molecular weight is 248 g/mol. The van der Waals surface area contributed by atoms with Gasteiger partial charge in [0.2, 0.25) is 0 Å². The molecule has 1 aromatic rings. The van der Waals surface area contributed by atoms with E-state index in [1.807, 2.05) is 30.3 Å². The Hall–Kier alpha value is -1.06. The molecule has 0 amide bonds. The molecule has 1 aliphatic heterocycles. The normalized spacial score (nSPS) is 19.3. The minimum absolute atomic E-state index is 0.699. The highest BCUT2D eigenvalue weighted by Crippen LogP contribution is 2.09. The first-order valence-corrected chi connectivity index (χ1v) is 6.94. The summed E-state index contributed by atoms with van der Waals surface area (Å²) >= 11 is 0. The molecule has 0 aliphatic carbocycles. The van der Waals surface area contributed by atoms with Crippen LogP contribution in [0.1, 0.15) is 19.3 Å². The van der Waals surface area contributed by atoms with Crippen LogP contribution in [0.3, 0.4) is 0 Å². The molecule has 1 heterocycles. The fourth-order valence-electron chi connectivity index (χ4n) is 2.42. The Morgan fingerprint density at radius 2 is 2.17 bits per heavy atom. The van der Waals surface area contributed by atoms with Gasteiger partial charge in [0.15, 0.2) is 0 Å². The highest BCUT2D eigenvalue weighted by Gasteiger charge is 2.15. The monoisotopic (exact) mass is 248 g/mol. The number of nitrogens with one attached hydrogen (secondary N) is 1. The largest absolute Gasteiger partial charge is 0.494 e. The van der Waals surface area contributed by atoms with E-state index in [1.165, 1.54) is 19.4 Å². The van der Waals surface area contributed by atoms with E-state index in [0.29, 0.717) is 6.04 Å². The van der Waals surface area contributed by atoms with Crippen molar-refractivity contribution in [1.29, 1.82) is 0 Å². The van der Waals surface area contributed by atoms with Crippen molar-refractivity contribution >= 4 is 0 Å². The number of rotatable bonds is 7. The summed E-state index contributed by atoms with van der Waals surface area (Å²) in [6.07, 6.45) is 3.73. The lowest BCUT2D eigenvalue weighted by molar-refractivity contribution is 0.250. The van der Waals surface area contributed by atoms with Gasteiger partial charge in [0.25, 0.3) is 0 Å². The van der Waals surface area contributed by atoms with Crippen molar-refractivity contribution in [3.05, 3.63) is 30.3 Å². The van der Waals surface area contributed by atoms with Crippen LogP contribution in [0.2, 0.25) is 0 Å². The van der Waals surface area contributed by atoms with Gasteiger partial charge in [-0.05, 0) is 45.0 Å². The second-order valence-electron chi connectivity index (χ2n) is 5.07. The van der Waals surface area contributed by atoms with Crippen molar-refractivity contribution in [3.8, 4) is 5.75 Å². The third-order valence-corrected chi connectivity index (χ3v) is 3.39. The van der Waals surface area contributed by atoms with E-state index in [1.54, 1.807) is 0 Å². The van der Waals surface area contributed by atoms with Gasteiger partial charge >= 0.3 is 0 Å². The number of para-hydroxylation sites is 1. The van der Waals surface area contributed by atoms with E-state index >= 15 is 0 Å². The molecule has 3 heteroatoms. The molecule has 0 spiro atoms. The lowest BCUT2D eigenvalue weighted by Crippen LogP contribution is -2.36. The molecule has 1 aliphatic rings. The summed E-state index contributed by atoms with van der Waals surface area (Å²) in [6, 6.07) is 10.7. The molecule has 1 atom stereocenters. The molecule has 100 valence electrons. The smallest absolute Gasteiger partial charge is 0.119 e. The summed E-state index contributed by atoms with van der Waals surface area (Å²) in [7, 11) is 2.20. The highest BCUT2D eigenvalue weighted by atomic mass is 16.5. The van der Waals surface area contributed by atoms with Crippen molar-refractivity contribution < 1.29 is 4.74 Å². The number of ether oxygens (including phenoxy) is 1. The summed E-state index contributed by atoms with van der Waals surface area (Å²) in [5.74, 6) is 0.970. The summed E-state index contributed by atoms with van der Waals surface area (Å²) in [6.45, 7) is 4.25. The predicted octanol–water partition coefficient (Wildman–Crippen LogP) is 2.14. The number of hydrogen-bond donors (Lipinski definition) is 1. The van der Waals surface area contributed by atoms with Crippen LogP contribution in [0.4, 0.5) is 0 Å². The minimum atomic E-state index is 0.699. The number of benzene rings is 1. The van der Waals surface area contributed by atoms with Crippen molar-refractivity contribution in [2.45, 2.75) is 25.3 Å². The summed E-state index contributed by atoms with van der Waals surface area (Å²) in [5, 5.41) is 3.53. The summed E-state index contributed by atoms with van der Waals surface area (Å²) < 4.78 is 5.68. The third-order valence-electron chi connectivity index (χ3n) is 3.39. The average Bonchev–Trinajstić information content (AvgIpc) is 2.89. The van der Waals surface area contributed by atoms with E-state index in [0.717, 1.165) is 31.9 Å². The van der Waals surface area contributed by atoms with Crippen LogP contribution >= 0.6 is 0 Å². The zero-order valence-corrected chi connectivity index (χ0v) is 11.3. The van der Waals surface area contributed by atoms with Crippen LogP contribution < -0.4 is 10.1 Å². The van der Waals surface area contributed by atoms with Crippen LogP contribution in [-0.2, 0) is 0 Å². The van der Waals surface area contributed by atoms with Crippen molar-refractivity contribution in [2.24, 2.45) is 0 Å². The Kier molecular flexibility index (Phi) is 5.49. The molecule has 0 bridgehead atoms. The molecule has 1 fully saturated rings. The van der Waals surface area contributed by atoms with Crippen LogP contribution in [0.5, 0.6) is 5.75 Å². The molecule has 0 saturated carbocycles. The first-order valence-electron chi connectivity index (χ1n) is 6.94. The third kappa shape index (κ3) is 4.67. The van der Waals surface area contributed by atoms with Gasteiger partial charge < -0.3 is 15.0 Å². The Bertz CT molecular complexity index is 323. The lowest BCUT2D eigenvalue weighted by atomic mass is 10.2. The molecule has 2 rings (SSSR count). The predicted molar refractivity (Wildman–Crippen MR) is 75.1 cm³/mol. The van der Waals surface area contributed by atoms with Gasteiger partial charge in [-0.15, -0.1) is 0 Å². The first kappa shape index (κ1) is 13.4. The standard InChI is InChI=1S/C15H24N2O/c1-17(13-14-7-5-10-16-14)11-6-12-18-15-8-3-2-4-9-15/h2-4,8-9,14,16H,5-7,10-13H2,1H3. The van der Waals surface area contributed by atoms with E-state index in [4.69, 9.17) is 4.74 Å². The Balaban J connectivity index is 1.54. The molecule has 18 heavy (non-hydrogen) atoms. The molecular weight excluding hydrogens is 224 g/mol. The molecule has 1 unspecified atom stereocenters. The van der Waals surface area contributed by atoms with Crippen molar-refractivity contribution in [3.63, 3.8) is 0 Å². The molecule has 0 radical (unpaired) electrons. The maximum absolute atomic E-state index is 5.68. The van der Waals surface area contributed by atoms with Crippen molar-refractivity contribution in [2.75, 3.05) is 33.3 Å². The molecule has 1 aromatic carbocycles. The second kappa shape index (κ2) is 7.39. The fourth-order valence-corrected chi connectivity index (χ4v) is 2.42. The maximum Gasteiger partial charge on any atom is 0.119 e.